The Labute approximate surface area is 138 Å². The van der Waals surface area contributed by atoms with Gasteiger partial charge in [-0.15, -0.1) is 6.42 Å². The van der Waals surface area contributed by atoms with E-state index in [9.17, 15) is 36.6 Å². The molecule has 1 heterocycles. The molecule has 25 heavy (non-hydrogen) atoms. The lowest BCUT2D eigenvalue weighted by atomic mass is 9.89. The number of aromatic nitrogens is 1. The standard InChI is InChI=1S/C15H12F5NO4/c1-4-5-25-14(24)9-7(6(2)3)8(13(22)23)10(12(16)17)21-11(9)15(18,19)20/h1,6,12H,5H2,2-3H3,(H,22,23). The molecule has 0 fully saturated rings. The maximum Gasteiger partial charge on any atom is 0.434 e. The predicted octanol–water partition coefficient (Wildman–Crippen LogP) is 3.65. The normalized spacial score (nSPS) is 11.5. The number of hydrogen-bond acceptors (Lipinski definition) is 4. The molecule has 1 aromatic rings. The van der Waals surface area contributed by atoms with Crippen LogP contribution in [0.1, 0.15) is 63.9 Å². The van der Waals surface area contributed by atoms with E-state index in [-0.39, 0.29) is 0 Å². The van der Waals surface area contributed by atoms with Gasteiger partial charge in [-0.05, 0) is 11.5 Å². The number of esters is 1. The molecule has 0 spiro atoms. The van der Waals surface area contributed by atoms with Gasteiger partial charge in [0.05, 0.1) is 11.1 Å². The van der Waals surface area contributed by atoms with Gasteiger partial charge in [0.15, 0.2) is 12.3 Å². The molecule has 0 aromatic carbocycles. The molecule has 0 radical (unpaired) electrons. The summed E-state index contributed by atoms with van der Waals surface area (Å²) in [6.45, 7) is 1.80. The van der Waals surface area contributed by atoms with Gasteiger partial charge in [0.1, 0.15) is 5.69 Å². The third kappa shape index (κ3) is 4.23. The minimum Gasteiger partial charge on any atom is -0.478 e. The molecule has 1 rings (SSSR count). The van der Waals surface area contributed by atoms with Crippen molar-refractivity contribution in [2.45, 2.75) is 32.4 Å². The highest BCUT2D eigenvalue weighted by atomic mass is 19.4. The fourth-order valence-corrected chi connectivity index (χ4v) is 2.17. The minimum absolute atomic E-state index is 0.688. The first kappa shape index (κ1) is 20.3. The molecule has 1 N–H and O–H groups in total. The number of rotatable bonds is 5. The zero-order valence-corrected chi connectivity index (χ0v) is 12.9. The second-order valence-electron chi connectivity index (χ2n) is 5.05. The van der Waals surface area contributed by atoms with Gasteiger partial charge >= 0.3 is 18.1 Å². The summed E-state index contributed by atoms with van der Waals surface area (Å²) in [4.78, 5) is 26.1. The highest BCUT2D eigenvalue weighted by Gasteiger charge is 2.43. The van der Waals surface area contributed by atoms with E-state index in [0.717, 1.165) is 0 Å². The van der Waals surface area contributed by atoms with Gasteiger partial charge < -0.3 is 9.84 Å². The summed E-state index contributed by atoms with van der Waals surface area (Å²) in [5.41, 5.74) is -6.66. The van der Waals surface area contributed by atoms with Gasteiger partial charge in [0, 0.05) is 0 Å². The summed E-state index contributed by atoms with van der Waals surface area (Å²) in [5, 5.41) is 9.18. The van der Waals surface area contributed by atoms with Crippen LogP contribution in [0.4, 0.5) is 22.0 Å². The number of pyridine rings is 1. The molecule has 0 aliphatic heterocycles. The molecule has 0 aliphatic rings. The fourth-order valence-electron chi connectivity index (χ4n) is 2.17. The zero-order valence-electron chi connectivity index (χ0n) is 12.9. The number of carbonyl (C=O) groups excluding carboxylic acids is 1. The van der Waals surface area contributed by atoms with E-state index < -0.39 is 65.1 Å². The number of hydrogen-bond donors (Lipinski definition) is 1. The van der Waals surface area contributed by atoms with Crippen LogP contribution in [-0.2, 0) is 10.9 Å². The summed E-state index contributed by atoms with van der Waals surface area (Å²) in [5.74, 6) is -2.70. The molecule has 5 nitrogen and oxygen atoms in total. The molecular weight excluding hydrogens is 353 g/mol. The van der Waals surface area contributed by atoms with Crippen LogP contribution in [0.15, 0.2) is 0 Å². The van der Waals surface area contributed by atoms with Crippen LogP contribution in [0.3, 0.4) is 0 Å². The van der Waals surface area contributed by atoms with Crippen LogP contribution in [-0.4, -0.2) is 28.6 Å². The van der Waals surface area contributed by atoms with Gasteiger partial charge in [-0.25, -0.2) is 23.4 Å². The molecule has 0 amide bonds. The summed E-state index contributed by atoms with van der Waals surface area (Å²) < 4.78 is 70.4. The van der Waals surface area contributed by atoms with Crippen molar-refractivity contribution in [3.8, 4) is 12.3 Å². The number of aromatic carboxylic acids is 1. The third-order valence-electron chi connectivity index (χ3n) is 3.02. The smallest absolute Gasteiger partial charge is 0.434 e. The van der Waals surface area contributed by atoms with Crippen molar-refractivity contribution >= 4 is 11.9 Å². The Bertz CT molecular complexity index is 735. The average molecular weight is 365 g/mol. The Balaban J connectivity index is 4.00. The summed E-state index contributed by atoms with van der Waals surface area (Å²) in [6.07, 6.45) is -4.03. The van der Waals surface area contributed by atoms with Gasteiger partial charge in [0.25, 0.3) is 6.43 Å². The number of carboxylic acid groups (broad SMARTS) is 1. The van der Waals surface area contributed by atoms with Crippen molar-refractivity contribution in [2.24, 2.45) is 0 Å². The SMILES string of the molecule is C#CCOC(=O)c1c(C(F)(F)F)nc(C(F)F)c(C(=O)O)c1C(C)C. The van der Waals surface area contributed by atoms with Gasteiger partial charge in [-0.3, -0.25) is 0 Å². The minimum atomic E-state index is -5.30. The number of ether oxygens (including phenoxy) is 1. The quantitative estimate of drug-likeness (QED) is 0.490. The van der Waals surface area contributed by atoms with Crippen LogP contribution < -0.4 is 0 Å². The number of halogens is 5. The maximum atomic E-state index is 13.2. The van der Waals surface area contributed by atoms with E-state index in [1.165, 1.54) is 13.8 Å². The molecule has 1 aromatic heterocycles. The van der Waals surface area contributed by atoms with Crippen molar-refractivity contribution in [3.05, 3.63) is 28.1 Å². The second kappa shape index (κ2) is 7.46. The van der Waals surface area contributed by atoms with Crippen molar-refractivity contribution in [2.75, 3.05) is 6.61 Å². The Hall–Kier alpha value is -2.70. The zero-order chi connectivity index (χ0) is 19.5. The summed E-state index contributed by atoms with van der Waals surface area (Å²) in [7, 11) is 0. The van der Waals surface area contributed by atoms with E-state index in [2.05, 4.69) is 9.72 Å². The van der Waals surface area contributed by atoms with Crippen molar-refractivity contribution < 1.29 is 41.4 Å². The first-order valence-electron chi connectivity index (χ1n) is 6.70. The molecule has 0 saturated heterocycles. The highest BCUT2D eigenvalue weighted by molar-refractivity contribution is 5.99. The Morgan fingerprint density at radius 1 is 1.28 bits per heavy atom. The first-order valence-corrected chi connectivity index (χ1v) is 6.70. The van der Waals surface area contributed by atoms with E-state index in [1.807, 2.05) is 5.92 Å². The molecule has 10 heteroatoms. The number of alkyl halides is 5. The first-order chi connectivity index (χ1) is 11.4. The number of carboxylic acids is 1. The maximum absolute atomic E-state index is 13.2. The molecule has 0 aliphatic carbocycles. The molecule has 0 atom stereocenters. The topological polar surface area (TPSA) is 76.5 Å². The van der Waals surface area contributed by atoms with Gasteiger partial charge in [-0.1, -0.05) is 19.8 Å². The van der Waals surface area contributed by atoms with Crippen molar-refractivity contribution in [1.29, 1.82) is 0 Å². The Morgan fingerprint density at radius 3 is 2.20 bits per heavy atom. The lowest BCUT2D eigenvalue weighted by molar-refractivity contribution is -0.142. The lowest BCUT2D eigenvalue weighted by Crippen LogP contribution is -2.25. The van der Waals surface area contributed by atoms with Crippen LogP contribution in [0.25, 0.3) is 0 Å². The monoisotopic (exact) mass is 365 g/mol. The van der Waals surface area contributed by atoms with E-state index in [1.54, 1.807) is 0 Å². The van der Waals surface area contributed by atoms with Crippen molar-refractivity contribution in [1.82, 2.24) is 4.98 Å². The van der Waals surface area contributed by atoms with Crippen molar-refractivity contribution in [3.63, 3.8) is 0 Å². The van der Waals surface area contributed by atoms with Gasteiger partial charge in [0.2, 0.25) is 0 Å². The van der Waals surface area contributed by atoms with Crippen LogP contribution in [0, 0.1) is 12.3 Å². The molecule has 0 bridgehead atoms. The fraction of sp³-hybridized carbons (Fsp3) is 0.400. The van der Waals surface area contributed by atoms with Crippen LogP contribution in [0.5, 0.6) is 0 Å². The van der Waals surface area contributed by atoms with Crippen LogP contribution in [0.2, 0.25) is 0 Å². The molecular formula is C15H12F5NO4. The summed E-state index contributed by atoms with van der Waals surface area (Å²) >= 11 is 0. The third-order valence-corrected chi connectivity index (χ3v) is 3.02. The van der Waals surface area contributed by atoms with E-state index in [4.69, 9.17) is 6.42 Å². The van der Waals surface area contributed by atoms with Crippen LogP contribution >= 0.6 is 0 Å². The number of carbonyl (C=O) groups is 2. The average Bonchev–Trinajstić information content (AvgIpc) is 2.48. The largest absolute Gasteiger partial charge is 0.478 e. The Kier molecular flexibility index (Phi) is 6.07. The molecule has 136 valence electrons. The van der Waals surface area contributed by atoms with Gasteiger partial charge in [-0.2, -0.15) is 13.2 Å². The second-order valence-corrected chi connectivity index (χ2v) is 5.05. The highest BCUT2D eigenvalue weighted by Crippen LogP contribution is 2.39. The Morgan fingerprint density at radius 2 is 1.84 bits per heavy atom. The molecule has 0 unspecified atom stereocenters. The summed E-state index contributed by atoms with van der Waals surface area (Å²) in [6, 6.07) is 0. The number of nitrogens with zero attached hydrogens (tertiary/aromatic N) is 1. The predicted molar refractivity (Wildman–Crippen MR) is 74.4 cm³/mol. The molecule has 0 saturated carbocycles. The van der Waals surface area contributed by atoms with E-state index >= 15 is 0 Å². The van der Waals surface area contributed by atoms with E-state index in [0.29, 0.717) is 0 Å². The number of terminal acetylenes is 1. The lowest BCUT2D eigenvalue weighted by Gasteiger charge is -2.21.